The normalized spacial score (nSPS) is 13.1. The quantitative estimate of drug-likeness (QED) is 0.0500. The fraction of sp³-hybridized carbons (Fsp3) is 0. The maximum Gasteiger partial charge on any atom is 0.296 e. The Kier molecular flexibility index (Phi) is 24.7. The molecule has 0 fully saturated rings. The number of benzene rings is 5. The summed E-state index contributed by atoms with van der Waals surface area (Å²) in [5.41, 5.74) is -4.49. The van der Waals surface area contributed by atoms with E-state index in [1.807, 2.05) is 0 Å². The van der Waals surface area contributed by atoms with Gasteiger partial charge in [0.15, 0.2) is 5.75 Å². The summed E-state index contributed by atoms with van der Waals surface area (Å²) < 4.78 is 171. The largest absolute Gasteiger partial charge is 0.505 e. The van der Waals surface area contributed by atoms with E-state index in [9.17, 15) is 70.0 Å². The van der Waals surface area contributed by atoms with Crippen molar-refractivity contribution in [3.05, 3.63) is 118 Å². The number of halogens is 2. The molecule has 0 aliphatic rings. The number of hydrogen-bond acceptors (Lipinski definition) is 19. The van der Waals surface area contributed by atoms with Crippen LogP contribution in [0.4, 0.5) is 34.1 Å². The van der Waals surface area contributed by atoms with Gasteiger partial charge in [0.2, 0.25) is 33.0 Å². The molecule has 7 aromatic rings. The van der Waals surface area contributed by atoms with Gasteiger partial charge in [-0.1, -0.05) is 18.2 Å². The smallest absolute Gasteiger partial charge is 0.296 e. The molecule has 0 atom stereocenters. The van der Waals surface area contributed by atoms with Crippen LogP contribution in [0.2, 0.25) is 10.6 Å². The summed E-state index contributed by atoms with van der Waals surface area (Å²) in [6, 6.07) is 14.3. The topological polar surface area (TPSA) is 455 Å². The number of nitrogens with zero attached hydrogens (tertiary/aromatic N) is 8. The van der Waals surface area contributed by atoms with Crippen LogP contribution in [0.3, 0.4) is 0 Å². The van der Waals surface area contributed by atoms with Gasteiger partial charge < -0.3 is 15.1 Å². The molecule has 2 heterocycles. The van der Waals surface area contributed by atoms with E-state index in [0.717, 1.165) is 36.4 Å². The number of fused-ring (bicyclic) bond motifs is 1. The molecule has 28 nitrogen and oxygen atoms in total. The van der Waals surface area contributed by atoms with E-state index in [0.29, 0.717) is 18.2 Å². The number of hydrogen-bond donors (Lipinski definition) is 10. The molecule has 10 N–H and O–H groups in total. The fourth-order valence-corrected chi connectivity index (χ4v) is 9.21. The Balaban J connectivity index is 0.00000375. The molecule has 2 aromatic heterocycles. The van der Waals surface area contributed by atoms with E-state index in [1.54, 1.807) is 0 Å². The third-order valence-corrected chi connectivity index (χ3v) is 13.4. The van der Waals surface area contributed by atoms with Gasteiger partial charge in [-0.2, -0.15) is 52.1 Å². The fourth-order valence-electron chi connectivity index (χ4n) is 5.89. The van der Waals surface area contributed by atoms with Crippen LogP contribution in [0.1, 0.15) is 0 Å². The third kappa shape index (κ3) is 17.3. The number of aromatic hydroxyl groups is 1. The first-order chi connectivity index (χ1) is 32.0. The summed E-state index contributed by atoms with van der Waals surface area (Å²) in [7, 11) is -25.2. The number of rotatable bonds is 11. The molecule has 74 heavy (non-hydrogen) atoms. The molecule has 0 bridgehead atoms. The van der Waals surface area contributed by atoms with Crippen molar-refractivity contribution in [1.82, 2.24) is 29.9 Å². The Hall–Kier alpha value is -1.89. The molecule has 0 saturated heterocycles. The number of aromatic nitrogens is 6. The second kappa shape index (κ2) is 26.8. The summed E-state index contributed by atoms with van der Waals surface area (Å²) in [6.45, 7) is 0. The van der Waals surface area contributed by atoms with Crippen molar-refractivity contribution < 1.29 is 70.0 Å². The van der Waals surface area contributed by atoms with Crippen molar-refractivity contribution in [1.29, 1.82) is 0 Å². The number of phenolic OH excluding ortho intramolecular Hbond substituents is 1. The van der Waals surface area contributed by atoms with E-state index >= 15 is 0 Å². The second-order valence-electron chi connectivity index (χ2n) is 13.4. The zero-order valence-corrected chi connectivity index (χ0v) is 53.8. The van der Waals surface area contributed by atoms with Gasteiger partial charge >= 0.3 is 0 Å². The van der Waals surface area contributed by atoms with Gasteiger partial charge in [-0.15, -0.1) is 10.2 Å². The van der Waals surface area contributed by atoms with Gasteiger partial charge in [-0.3, -0.25) is 32.7 Å². The molecule has 0 aliphatic heterocycles. The van der Waals surface area contributed by atoms with E-state index in [4.69, 9.17) is 23.2 Å². The van der Waals surface area contributed by atoms with Gasteiger partial charge in [0, 0.05) is 148 Å². The summed E-state index contributed by atoms with van der Waals surface area (Å²) in [5.74, 6) is -1.18. The summed E-state index contributed by atoms with van der Waals surface area (Å²) in [4.78, 5) is 30.2. The summed E-state index contributed by atoms with van der Waals surface area (Å²) in [6.07, 6.45) is 0. The van der Waals surface area contributed by atoms with E-state index in [1.165, 1.54) is 30.3 Å². The van der Waals surface area contributed by atoms with Crippen LogP contribution in [-0.2, 0) is 50.6 Å². The minimum absolute atomic E-state index is 0. The molecular formula is C34H24Cl2N12Na5O16S5. The van der Waals surface area contributed by atoms with Gasteiger partial charge in [0.1, 0.15) is 26.1 Å². The zero-order chi connectivity index (χ0) is 50.4. The molecule has 7 rings (SSSR count). The van der Waals surface area contributed by atoms with E-state index in [-0.39, 0.29) is 176 Å². The van der Waals surface area contributed by atoms with Crippen LogP contribution in [0.15, 0.2) is 140 Å². The van der Waals surface area contributed by atoms with Crippen LogP contribution in [-0.4, -0.2) is 248 Å². The monoisotopic (exact) mass is 1200 g/mol. The van der Waals surface area contributed by atoms with Gasteiger partial charge in [0.25, 0.3) is 50.6 Å². The molecule has 5 radical (unpaired) electrons. The van der Waals surface area contributed by atoms with Crippen LogP contribution < -0.4 is 22.5 Å². The van der Waals surface area contributed by atoms with Crippen molar-refractivity contribution in [3.8, 4) is 5.75 Å². The molecule has 0 amide bonds. The predicted octanol–water partition coefficient (Wildman–Crippen LogP) is 1.63. The van der Waals surface area contributed by atoms with Crippen LogP contribution in [0.5, 0.6) is 5.75 Å². The molecule has 5 aromatic carbocycles. The number of aromatic amines is 4. The Labute approximate surface area is 536 Å². The van der Waals surface area contributed by atoms with Crippen molar-refractivity contribution in [2.75, 3.05) is 0 Å². The first-order valence-electron chi connectivity index (χ1n) is 17.9. The molecule has 0 saturated carbocycles. The van der Waals surface area contributed by atoms with Crippen molar-refractivity contribution in [3.63, 3.8) is 0 Å². The Morgan fingerprint density at radius 3 is 1.55 bits per heavy atom. The maximum atomic E-state index is 12.7. The van der Waals surface area contributed by atoms with Gasteiger partial charge in [0.05, 0.1) is 37.9 Å². The van der Waals surface area contributed by atoms with Crippen LogP contribution in [0.25, 0.3) is 10.8 Å². The Morgan fingerprint density at radius 1 is 0.446 bits per heavy atom. The molecule has 365 valence electrons. The molecule has 0 unspecified atom stereocenters. The number of nitrogens with one attached hydrogen (secondary N) is 4. The molecule has 0 aliphatic carbocycles. The molecule has 40 heteroatoms. The molecule has 0 spiro atoms. The van der Waals surface area contributed by atoms with Crippen molar-refractivity contribution in [2.24, 2.45) is 30.2 Å². The average molecular weight is 1200 g/mol. The van der Waals surface area contributed by atoms with E-state index < -0.39 is 131 Å². The number of phenols is 1. The minimum atomic E-state index is -5.38. The first-order valence-corrected chi connectivity index (χ1v) is 25.9. The minimum Gasteiger partial charge on any atom is -0.505 e. The second-order valence-corrected chi connectivity index (χ2v) is 21.1. The SMILES string of the molecule is O=S(=O)(O)c1cccc(N=c2nc(Cl)[nH]c(=Nc3ccc(N=c4nc(Cl)[nH]c(=Nc5cc(S(=O)(=O)O)cc6cc(S(=O)(=O)O)c(N=Nc7ccccc7S(=O)(=O)O)c(O)c56)[nH]4)c(S(=O)(=O)O)c3)[nH]2)c1.[Na].[Na].[Na].[Na].[Na]. The van der Waals surface area contributed by atoms with Crippen LogP contribution >= 0.6 is 23.2 Å². The average Bonchev–Trinajstić information content (AvgIpc) is 3.21. The maximum absolute atomic E-state index is 12.7. The standard InChI is InChI=1S/C34H24Cl2N12O16S5.5Na/c35-29-41-31(37-16-4-3-5-18(12-16)65(50,51)52)45-32(42-29)38-17-8-9-20(24(13-17)68(59,60)61)39-33-43-30(36)44-34(46-33)40-22-14-19(66(53,54)55)10-15-11-25(69(62,63)64)27(28(49)26(15)22)48-47-21-6-1-2-7-23(21)67(56,57)58;;;;;/h1-14,49H,(H,50,51,52)(H,53,54,55)(H,56,57,58)(H,59,60,61)(H,62,63,64)(H2,37,38,41,42,45)(H2,39,40,43,44,46);;;;;. The summed E-state index contributed by atoms with van der Waals surface area (Å²) in [5, 5.41) is 16.8. The summed E-state index contributed by atoms with van der Waals surface area (Å²) >= 11 is 12.3. The predicted molar refractivity (Wildman–Crippen MR) is 264 cm³/mol. The van der Waals surface area contributed by atoms with E-state index in [2.05, 4.69) is 60.1 Å². The zero-order valence-electron chi connectivity index (χ0n) is 38.2. The Morgan fingerprint density at radius 2 is 0.986 bits per heavy atom. The third-order valence-electron chi connectivity index (χ3n) is 8.66. The van der Waals surface area contributed by atoms with Gasteiger partial charge in [-0.05, 0) is 95.3 Å². The van der Waals surface area contributed by atoms with Gasteiger partial charge in [-0.25, -0.2) is 20.0 Å². The number of azo groups is 1. The van der Waals surface area contributed by atoms with Crippen molar-refractivity contribution in [2.45, 2.75) is 24.5 Å². The number of H-pyrrole nitrogens is 4. The first kappa shape index (κ1) is 68.2. The van der Waals surface area contributed by atoms with Crippen LogP contribution in [0, 0.1) is 0 Å². The Bertz CT molecular complexity index is 4260. The molecular weight excluding hydrogens is 1180 g/mol. The van der Waals surface area contributed by atoms with Crippen molar-refractivity contribution >= 4 is 266 Å².